The van der Waals surface area contributed by atoms with Gasteiger partial charge in [-0.25, -0.2) is 4.39 Å². The number of hydrogen-bond donors (Lipinski definition) is 1. The lowest BCUT2D eigenvalue weighted by molar-refractivity contribution is -0.119. The Kier molecular flexibility index (Phi) is 3.71. The molecule has 1 aliphatic heterocycles. The predicted molar refractivity (Wildman–Crippen MR) is 80.4 cm³/mol. The first kappa shape index (κ1) is 13.8. The van der Waals surface area contributed by atoms with Crippen molar-refractivity contribution in [3.63, 3.8) is 0 Å². The Hall–Kier alpha value is -2.20. The maximum atomic E-state index is 12.9. The molecular formula is C17H17FN2O. The molecule has 0 spiro atoms. The Morgan fingerprint density at radius 3 is 2.67 bits per heavy atom. The van der Waals surface area contributed by atoms with Crippen molar-refractivity contribution in [1.82, 2.24) is 5.32 Å². The molecule has 0 fully saturated rings. The maximum absolute atomic E-state index is 12.9. The predicted octanol–water partition coefficient (Wildman–Crippen LogP) is 3.02. The molecule has 0 radical (unpaired) electrons. The van der Waals surface area contributed by atoms with E-state index in [1.807, 2.05) is 24.3 Å². The lowest BCUT2D eigenvalue weighted by Gasteiger charge is -2.32. The summed E-state index contributed by atoms with van der Waals surface area (Å²) in [4.78, 5) is 13.8. The summed E-state index contributed by atoms with van der Waals surface area (Å²) in [7, 11) is 1.80. The van der Waals surface area contributed by atoms with Crippen LogP contribution in [0, 0.1) is 5.82 Å². The van der Waals surface area contributed by atoms with Crippen molar-refractivity contribution >= 4 is 11.6 Å². The van der Waals surface area contributed by atoms with Crippen LogP contribution in [0.2, 0.25) is 0 Å². The summed E-state index contributed by atoms with van der Waals surface area (Å²) in [5.74, 6) is -0.135. The fraction of sp³-hybridized carbons (Fsp3) is 0.235. The van der Waals surface area contributed by atoms with Gasteiger partial charge >= 0.3 is 0 Å². The zero-order chi connectivity index (χ0) is 14.8. The number of halogens is 1. The molecule has 1 atom stereocenters. The van der Waals surface area contributed by atoms with E-state index in [2.05, 4.69) is 5.32 Å². The average molecular weight is 284 g/mol. The highest BCUT2D eigenvalue weighted by Crippen LogP contribution is 2.33. The van der Waals surface area contributed by atoms with Gasteiger partial charge in [0.25, 0.3) is 0 Å². The average Bonchev–Trinajstić information content (AvgIpc) is 2.51. The third-order valence-electron chi connectivity index (χ3n) is 3.89. The fourth-order valence-corrected chi connectivity index (χ4v) is 2.67. The largest absolute Gasteiger partial charge is 0.315 e. The molecule has 21 heavy (non-hydrogen) atoms. The van der Waals surface area contributed by atoms with E-state index < -0.39 is 0 Å². The number of rotatable bonds is 3. The summed E-state index contributed by atoms with van der Waals surface area (Å²) in [6.07, 6.45) is 0.439. The quantitative estimate of drug-likeness (QED) is 0.939. The molecule has 0 bridgehead atoms. The van der Waals surface area contributed by atoms with Crippen LogP contribution in [0.15, 0.2) is 48.5 Å². The van der Waals surface area contributed by atoms with Gasteiger partial charge in [0.1, 0.15) is 5.82 Å². The van der Waals surface area contributed by atoms with Gasteiger partial charge in [-0.3, -0.25) is 4.79 Å². The highest BCUT2D eigenvalue weighted by Gasteiger charge is 2.28. The van der Waals surface area contributed by atoms with Crippen molar-refractivity contribution in [2.75, 3.05) is 11.9 Å². The van der Waals surface area contributed by atoms with Crippen LogP contribution < -0.4 is 10.2 Å². The van der Waals surface area contributed by atoms with Gasteiger partial charge < -0.3 is 10.2 Å². The van der Waals surface area contributed by atoms with Gasteiger partial charge in [-0.05, 0) is 29.3 Å². The molecule has 3 rings (SSSR count). The van der Waals surface area contributed by atoms with E-state index in [1.165, 1.54) is 12.1 Å². The number of benzene rings is 2. The van der Waals surface area contributed by atoms with Gasteiger partial charge in [-0.15, -0.1) is 0 Å². The summed E-state index contributed by atoms with van der Waals surface area (Å²) in [6.45, 7) is 0.607. The lowest BCUT2D eigenvalue weighted by atomic mass is 9.96. The Balaban J connectivity index is 1.78. The molecule has 3 nitrogen and oxygen atoms in total. The summed E-state index contributed by atoms with van der Waals surface area (Å²) in [5.41, 5.74) is 3.08. The molecule has 0 aromatic heterocycles. The van der Waals surface area contributed by atoms with E-state index in [-0.39, 0.29) is 17.8 Å². The minimum Gasteiger partial charge on any atom is -0.315 e. The molecule has 2 aromatic carbocycles. The van der Waals surface area contributed by atoms with E-state index in [1.54, 1.807) is 24.1 Å². The number of carbonyl (C=O) groups excluding carboxylic acids is 1. The topological polar surface area (TPSA) is 32.3 Å². The zero-order valence-electron chi connectivity index (χ0n) is 11.8. The summed E-state index contributed by atoms with van der Waals surface area (Å²) < 4.78 is 12.9. The molecule has 1 N–H and O–H groups in total. The normalized spacial score (nSPS) is 17.7. The number of amides is 1. The van der Waals surface area contributed by atoms with E-state index in [0.29, 0.717) is 13.0 Å². The van der Waals surface area contributed by atoms with E-state index >= 15 is 0 Å². The number of anilines is 1. The van der Waals surface area contributed by atoms with Crippen molar-refractivity contribution in [1.29, 1.82) is 0 Å². The molecular weight excluding hydrogens is 267 g/mol. The Morgan fingerprint density at radius 1 is 1.19 bits per heavy atom. The van der Waals surface area contributed by atoms with Crippen LogP contribution in [0.5, 0.6) is 0 Å². The monoisotopic (exact) mass is 284 g/mol. The molecule has 1 unspecified atom stereocenters. The molecule has 4 heteroatoms. The van der Waals surface area contributed by atoms with Crippen LogP contribution in [0.1, 0.15) is 23.6 Å². The lowest BCUT2D eigenvalue weighted by Crippen LogP contribution is -2.37. The SMILES string of the molecule is CN1C(=O)CC(NCc2ccc(F)cc2)c2ccccc21. The molecule has 0 aliphatic carbocycles. The second kappa shape index (κ2) is 5.66. The molecule has 1 heterocycles. The van der Waals surface area contributed by atoms with Gasteiger partial charge in [-0.2, -0.15) is 0 Å². The number of nitrogens with zero attached hydrogens (tertiary/aromatic N) is 1. The van der Waals surface area contributed by atoms with E-state index in [9.17, 15) is 9.18 Å². The maximum Gasteiger partial charge on any atom is 0.228 e. The first-order valence-corrected chi connectivity index (χ1v) is 6.98. The second-order valence-electron chi connectivity index (χ2n) is 5.28. The minimum atomic E-state index is -0.237. The summed E-state index contributed by atoms with van der Waals surface area (Å²) >= 11 is 0. The van der Waals surface area contributed by atoms with Crippen LogP contribution in [-0.4, -0.2) is 13.0 Å². The van der Waals surface area contributed by atoms with Crippen molar-refractivity contribution in [2.24, 2.45) is 0 Å². The highest BCUT2D eigenvalue weighted by atomic mass is 19.1. The number of hydrogen-bond acceptors (Lipinski definition) is 2. The van der Waals surface area contributed by atoms with Crippen LogP contribution in [0.25, 0.3) is 0 Å². The Bertz CT molecular complexity index is 654. The van der Waals surface area contributed by atoms with Crippen molar-refractivity contribution < 1.29 is 9.18 Å². The number of nitrogens with one attached hydrogen (secondary N) is 1. The van der Waals surface area contributed by atoms with E-state index in [0.717, 1.165) is 16.8 Å². The van der Waals surface area contributed by atoms with E-state index in [4.69, 9.17) is 0 Å². The van der Waals surface area contributed by atoms with Crippen molar-refractivity contribution in [2.45, 2.75) is 19.0 Å². The van der Waals surface area contributed by atoms with Crippen LogP contribution in [-0.2, 0) is 11.3 Å². The molecule has 1 aliphatic rings. The number of fused-ring (bicyclic) bond motifs is 1. The van der Waals surface area contributed by atoms with Gasteiger partial charge in [0.15, 0.2) is 0 Å². The summed E-state index contributed by atoms with van der Waals surface area (Å²) in [5, 5.41) is 3.39. The molecule has 0 saturated heterocycles. The standard InChI is InChI=1S/C17H17FN2O/c1-20-16-5-3-2-4-14(16)15(10-17(20)21)19-11-12-6-8-13(18)9-7-12/h2-9,15,19H,10-11H2,1H3. The van der Waals surface area contributed by atoms with Gasteiger partial charge in [0.2, 0.25) is 5.91 Å². The Labute approximate surface area is 123 Å². The van der Waals surface area contributed by atoms with Crippen LogP contribution >= 0.6 is 0 Å². The minimum absolute atomic E-state index is 0.00467. The third-order valence-corrected chi connectivity index (χ3v) is 3.89. The van der Waals surface area contributed by atoms with Crippen molar-refractivity contribution in [3.8, 4) is 0 Å². The van der Waals surface area contributed by atoms with Crippen LogP contribution in [0.3, 0.4) is 0 Å². The van der Waals surface area contributed by atoms with Gasteiger partial charge in [-0.1, -0.05) is 30.3 Å². The number of carbonyl (C=O) groups is 1. The molecule has 1 amide bonds. The highest BCUT2D eigenvalue weighted by molar-refractivity contribution is 5.96. The van der Waals surface area contributed by atoms with Crippen LogP contribution in [0.4, 0.5) is 10.1 Å². The molecule has 108 valence electrons. The Morgan fingerprint density at radius 2 is 1.90 bits per heavy atom. The van der Waals surface area contributed by atoms with Gasteiger partial charge in [0.05, 0.1) is 0 Å². The van der Waals surface area contributed by atoms with Crippen molar-refractivity contribution in [3.05, 3.63) is 65.5 Å². The smallest absolute Gasteiger partial charge is 0.228 e. The number of para-hydroxylation sites is 1. The first-order valence-electron chi connectivity index (χ1n) is 6.98. The summed E-state index contributed by atoms with van der Waals surface area (Å²) in [6, 6.07) is 14.3. The molecule has 2 aromatic rings. The van der Waals surface area contributed by atoms with Gasteiger partial charge in [0, 0.05) is 31.7 Å². The zero-order valence-corrected chi connectivity index (χ0v) is 11.8. The first-order chi connectivity index (χ1) is 10.1. The molecule has 0 saturated carbocycles. The fourth-order valence-electron chi connectivity index (χ4n) is 2.67. The third kappa shape index (κ3) is 2.81. The second-order valence-corrected chi connectivity index (χ2v) is 5.28.